The van der Waals surface area contributed by atoms with E-state index in [-0.39, 0.29) is 17.7 Å². The largest absolute Gasteiger partial charge is 0.355 e. The molecule has 96 valence electrons. The molecule has 0 heterocycles. The fourth-order valence-electron chi connectivity index (χ4n) is 2.34. The van der Waals surface area contributed by atoms with E-state index >= 15 is 0 Å². The van der Waals surface area contributed by atoms with Crippen LogP contribution in [-0.4, -0.2) is 24.4 Å². The van der Waals surface area contributed by atoms with Gasteiger partial charge in [0.25, 0.3) is 0 Å². The van der Waals surface area contributed by atoms with Crippen LogP contribution < -0.4 is 10.6 Å². The summed E-state index contributed by atoms with van der Waals surface area (Å²) < 4.78 is 0. The molecule has 0 saturated heterocycles. The van der Waals surface area contributed by atoms with E-state index in [1.807, 2.05) is 0 Å². The molecule has 2 aliphatic rings. The van der Waals surface area contributed by atoms with Crippen molar-refractivity contribution in [2.45, 2.75) is 57.4 Å². The summed E-state index contributed by atoms with van der Waals surface area (Å²) in [6.07, 6.45) is 8.41. The average Bonchev–Trinajstić information content (AvgIpc) is 3.14. The molecule has 2 fully saturated rings. The van der Waals surface area contributed by atoms with Gasteiger partial charge < -0.3 is 10.6 Å². The molecule has 0 bridgehead atoms. The first-order valence-electron chi connectivity index (χ1n) is 6.83. The number of carbonyl (C=O) groups is 2. The summed E-state index contributed by atoms with van der Waals surface area (Å²) in [5.74, 6) is 0.430. The molecule has 4 heteroatoms. The third-order valence-corrected chi connectivity index (χ3v) is 3.57. The fraction of sp³-hybridized carbons (Fsp3) is 0.846. The van der Waals surface area contributed by atoms with Gasteiger partial charge in [0, 0.05) is 24.9 Å². The number of amides is 2. The second kappa shape index (κ2) is 6.03. The molecular formula is C13H22N2O2. The summed E-state index contributed by atoms with van der Waals surface area (Å²) in [6.45, 7) is 0.480. The zero-order chi connectivity index (χ0) is 12.1. The van der Waals surface area contributed by atoms with E-state index in [4.69, 9.17) is 0 Å². The van der Waals surface area contributed by atoms with Gasteiger partial charge in [0.1, 0.15) is 0 Å². The third kappa shape index (κ3) is 4.36. The fourth-order valence-corrected chi connectivity index (χ4v) is 2.34. The van der Waals surface area contributed by atoms with E-state index in [2.05, 4.69) is 10.6 Å². The predicted molar refractivity (Wildman–Crippen MR) is 65.4 cm³/mol. The molecule has 4 nitrogen and oxygen atoms in total. The Hall–Kier alpha value is -1.06. The van der Waals surface area contributed by atoms with E-state index in [0.29, 0.717) is 19.0 Å². The molecule has 0 unspecified atom stereocenters. The maximum atomic E-state index is 11.6. The highest BCUT2D eigenvalue weighted by molar-refractivity contribution is 5.82. The molecule has 0 atom stereocenters. The Morgan fingerprint density at radius 2 is 1.71 bits per heavy atom. The lowest BCUT2D eigenvalue weighted by molar-refractivity contribution is -0.123. The van der Waals surface area contributed by atoms with Crippen LogP contribution in [0, 0.1) is 5.92 Å². The lowest BCUT2D eigenvalue weighted by Crippen LogP contribution is -2.38. The van der Waals surface area contributed by atoms with Gasteiger partial charge in [-0.2, -0.15) is 0 Å². The van der Waals surface area contributed by atoms with Crippen molar-refractivity contribution < 1.29 is 9.59 Å². The van der Waals surface area contributed by atoms with Crippen molar-refractivity contribution in [3.63, 3.8) is 0 Å². The Kier molecular flexibility index (Phi) is 4.40. The molecule has 0 aliphatic heterocycles. The minimum Gasteiger partial charge on any atom is -0.355 e. The van der Waals surface area contributed by atoms with E-state index < -0.39 is 0 Å². The molecule has 0 radical (unpaired) electrons. The number of carbonyl (C=O) groups excluding carboxylic acids is 2. The first-order valence-corrected chi connectivity index (χ1v) is 6.83. The van der Waals surface area contributed by atoms with Crippen LogP contribution in [0.5, 0.6) is 0 Å². The quantitative estimate of drug-likeness (QED) is 0.759. The third-order valence-electron chi connectivity index (χ3n) is 3.57. The van der Waals surface area contributed by atoms with Gasteiger partial charge in [0.05, 0.1) is 0 Å². The Labute approximate surface area is 103 Å². The van der Waals surface area contributed by atoms with Gasteiger partial charge in [-0.1, -0.05) is 19.3 Å². The van der Waals surface area contributed by atoms with Crippen molar-refractivity contribution in [2.24, 2.45) is 5.92 Å². The first kappa shape index (κ1) is 12.4. The number of hydrogen-bond acceptors (Lipinski definition) is 2. The number of nitrogens with one attached hydrogen (secondary N) is 2. The van der Waals surface area contributed by atoms with Crippen LogP contribution in [0.4, 0.5) is 0 Å². The monoisotopic (exact) mass is 238 g/mol. The molecular weight excluding hydrogens is 216 g/mol. The van der Waals surface area contributed by atoms with Crippen LogP contribution >= 0.6 is 0 Å². The molecule has 2 N–H and O–H groups in total. The normalized spacial score (nSPS) is 20.9. The molecule has 0 aromatic heterocycles. The summed E-state index contributed by atoms with van der Waals surface area (Å²) in [4.78, 5) is 22.9. The Morgan fingerprint density at radius 3 is 2.35 bits per heavy atom. The second-order valence-corrected chi connectivity index (χ2v) is 5.22. The van der Waals surface area contributed by atoms with E-state index in [1.165, 1.54) is 19.3 Å². The van der Waals surface area contributed by atoms with E-state index in [1.54, 1.807) is 0 Å². The molecule has 2 amide bonds. The lowest BCUT2D eigenvalue weighted by Gasteiger charge is -2.22. The van der Waals surface area contributed by atoms with Crippen LogP contribution in [0.2, 0.25) is 0 Å². The van der Waals surface area contributed by atoms with Crippen molar-refractivity contribution in [3.8, 4) is 0 Å². The van der Waals surface area contributed by atoms with E-state index in [9.17, 15) is 9.59 Å². The van der Waals surface area contributed by atoms with Gasteiger partial charge >= 0.3 is 0 Å². The van der Waals surface area contributed by atoms with Crippen LogP contribution in [0.15, 0.2) is 0 Å². The number of hydrogen-bond donors (Lipinski definition) is 2. The van der Waals surface area contributed by atoms with Crippen molar-refractivity contribution in [3.05, 3.63) is 0 Å². The van der Waals surface area contributed by atoms with Crippen LogP contribution in [0.3, 0.4) is 0 Å². The topological polar surface area (TPSA) is 58.2 Å². The van der Waals surface area contributed by atoms with Crippen molar-refractivity contribution in [1.82, 2.24) is 10.6 Å². The summed E-state index contributed by atoms with van der Waals surface area (Å²) in [6, 6.07) is 0.371. The highest BCUT2D eigenvalue weighted by atomic mass is 16.2. The minimum atomic E-state index is 0.0768. The molecule has 0 aromatic rings. The van der Waals surface area contributed by atoms with E-state index in [0.717, 1.165) is 25.7 Å². The molecule has 17 heavy (non-hydrogen) atoms. The zero-order valence-electron chi connectivity index (χ0n) is 10.3. The van der Waals surface area contributed by atoms with Gasteiger partial charge in [-0.05, 0) is 25.7 Å². The SMILES string of the molecule is O=C(CCNC(=O)C1CC1)NC1CCCCC1. The molecule has 2 rings (SSSR count). The molecule has 2 saturated carbocycles. The summed E-state index contributed by atoms with van der Waals surface area (Å²) >= 11 is 0. The van der Waals surface area contributed by atoms with Gasteiger partial charge in [-0.3, -0.25) is 9.59 Å². The smallest absolute Gasteiger partial charge is 0.223 e. The maximum Gasteiger partial charge on any atom is 0.223 e. The molecule has 0 aromatic carbocycles. The van der Waals surface area contributed by atoms with Crippen LogP contribution in [0.25, 0.3) is 0 Å². The number of rotatable bonds is 5. The van der Waals surface area contributed by atoms with Crippen molar-refractivity contribution in [2.75, 3.05) is 6.54 Å². The highest BCUT2D eigenvalue weighted by Gasteiger charge is 2.29. The van der Waals surface area contributed by atoms with Gasteiger partial charge in [0.2, 0.25) is 11.8 Å². The summed E-state index contributed by atoms with van der Waals surface area (Å²) in [7, 11) is 0. The molecule has 2 aliphatic carbocycles. The Bertz CT molecular complexity index is 281. The second-order valence-electron chi connectivity index (χ2n) is 5.22. The summed E-state index contributed by atoms with van der Waals surface area (Å²) in [5.41, 5.74) is 0. The van der Waals surface area contributed by atoms with Gasteiger partial charge in [0.15, 0.2) is 0 Å². The van der Waals surface area contributed by atoms with Crippen LogP contribution in [-0.2, 0) is 9.59 Å². The Morgan fingerprint density at radius 1 is 1.00 bits per heavy atom. The standard InChI is InChI=1S/C13H22N2O2/c16-12(15-11-4-2-1-3-5-11)8-9-14-13(17)10-6-7-10/h10-11H,1-9H2,(H,14,17)(H,15,16). The lowest BCUT2D eigenvalue weighted by atomic mass is 9.95. The maximum absolute atomic E-state index is 11.6. The van der Waals surface area contributed by atoms with Gasteiger partial charge in [-0.15, -0.1) is 0 Å². The molecule has 0 spiro atoms. The van der Waals surface area contributed by atoms with Gasteiger partial charge in [-0.25, -0.2) is 0 Å². The average molecular weight is 238 g/mol. The predicted octanol–water partition coefficient (Wildman–Crippen LogP) is 1.35. The van der Waals surface area contributed by atoms with Crippen LogP contribution in [0.1, 0.15) is 51.4 Å². The Balaban J connectivity index is 1.55. The zero-order valence-corrected chi connectivity index (χ0v) is 10.3. The first-order chi connectivity index (χ1) is 8.25. The highest BCUT2D eigenvalue weighted by Crippen LogP contribution is 2.28. The summed E-state index contributed by atoms with van der Waals surface area (Å²) in [5, 5.41) is 5.86. The minimum absolute atomic E-state index is 0.0768. The van der Waals surface area contributed by atoms with Crippen molar-refractivity contribution in [1.29, 1.82) is 0 Å². The van der Waals surface area contributed by atoms with Crippen molar-refractivity contribution >= 4 is 11.8 Å².